The summed E-state index contributed by atoms with van der Waals surface area (Å²) in [5.74, 6) is 0. The van der Waals surface area contributed by atoms with Gasteiger partial charge in [-0.3, -0.25) is 0 Å². The van der Waals surface area contributed by atoms with Crippen molar-refractivity contribution in [2.75, 3.05) is 19.8 Å². The third-order valence-corrected chi connectivity index (χ3v) is 3.22. The van der Waals surface area contributed by atoms with Crippen LogP contribution in [0.1, 0.15) is 43.4 Å². The monoisotopic (exact) mass is 263 g/mol. The Hall–Kier alpha value is -0.860. The highest BCUT2D eigenvalue weighted by Gasteiger charge is 2.09. The number of likely N-dealkylation sites (N-methyl/N-ethyl adjacent to an activating group) is 1. The molecule has 2 nitrogen and oxygen atoms in total. The third kappa shape index (κ3) is 6.74. The van der Waals surface area contributed by atoms with Crippen LogP contribution >= 0.6 is 0 Å². The maximum absolute atomic E-state index is 5.60. The first-order valence-corrected chi connectivity index (χ1v) is 7.54. The highest BCUT2D eigenvalue weighted by Crippen LogP contribution is 2.12. The Labute approximate surface area is 118 Å². The predicted octanol–water partition coefficient (Wildman–Crippen LogP) is 3.64. The van der Waals surface area contributed by atoms with E-state index in [1.165, 1.54) is 16.7 Å². The molecule has 1 aromatic carbocycles. The van der Waals surface area contributed by atoms with Crippen molar-refractivity contribution < 1.29 is 4.74 Å². The van der Waals surface area contributed by atoms with Gasteiger partial charge in [0.05, 0.1) is 0 Å². The van der Waals surface area contributed by atoms with Crippen molar-refractivity contribution in [2.45, 2.75) is 53.0 Å². The van der Waals surface area contributed by atoms with Gasteiger partial charge in [-0.25, -0.2) is 0 Å². The summed E-state index contributed by atoms with van der Waals surface area (Å²) in [6, 6.07) is 7.34. The molecule has 19 heavy (non-hydrogen) atoms. The van der Waals surface area contributed by atoms with Crippen LogP contribution in [0, 0.1) is 13.8 Å². The lowest BCUT2D eigenvalue weighted by atomic mass is 9.99. The number of benzene rings is 1. The number of aryl methyl sites for hydroxylation is 2. The molecule has 0 saturated heterocycles. The van der Waals surface area contributed by atoms with Crippen molar-refractivity contribution >= 4 is 0 Å². The number of hydrogen-bond acceptors (Lipinski definition) is 2. The van der Waals surface area contributed by atoms with Crippen molar-refractivity contribution in [1.82, 2.24) is 5.32 Å². The largest absolute Gasteiger partial charge is 0.381 e. The van der Waals surface area contributed by atoms with E-state index in [1.807, 2.05) is 0 Å². The van der Waals surface area contributed by atoms with Gasteiger partial charge in [-0.15, -0.1) is 0 Å². The van der Waals surface area contributed by atoms with Crippen LogP contribution in [0.2, 0.25) is 0 Å². The van der Waals surface area contributed by atoms with E-state index in [2.05, 4.69) is 51.2 Å². The lowest BCUT2D eigenvalue weighted by molar-refractivity contribution is 0.124. The lowest BCUT2D eigenvalue weighted by Crippen LogP contribution is -2.32. The molecule has 0 aliphatic rings. The number of hydrogen-bond donors (Lipinski definition) is 1. The minimum absolute atomic E-state index is 0.517. The Morgan fingerprint density at radius 1 is 1.05 bits per heavy atom. The van der Waals surface area contributed by atoms with Crippen LogP contribution in [0.15, 0.2) is 18.2 Å². The molecule has 2 heteroatoms. The maximum atomic E-state index is 5.60. The Morgan fingerprint density at radius 2 is 1.74 bits per heavy atom. The average Bonchev–Trinajstić information content (AvgIpc) is 2.33. The average molecular weight is 263 g/mol. The molecule has 0 bridgehead atoms. The summed E-state index contributed by atoms with van der Waals surface area (Å²) in [5, 5.41) is 3.57. The van der Waals surface area contributed by atoms with Crippen LogP contribution in [0.5, 0.6) is 0 Å². The smallest absolute Gasteiger partial charge is 0.0480 e. The van der Waals surface area contributed by atoms with Crippen LogP contribution in [-0.4, -0.2) is 25.8 Å². The molecule has 0 aliphatic heterocycles. The molecular formula is C17H29NO. The van der Waals surface area contributed by atoms with Gasteiger partial charge < -0.3 is 10.1 Å². The Kier molecular flexibility index (Phi) is 7.76. The molecule has 0 radical (unpaired) electrons. The van der Waals surface area contributed by atoms with Gasteiger partial charge in [-0.05, 0) is 45.2 Å². The van der Waals surface area contributed by atoms with Crippen LogP contribution in [-0.2, 0) is 11.2 Å². The van der Waals surface area contributed by atoms with Gasteiger partial charge in [0.25, 0.3) is 0 Å². The molecule has 0 amide bonds. The standard InChI is InChI=1S/C17H29NO/c1-5-8-19-9-7-17(18-6-2)13-16-11-14(3)10-15(4)12-16/h10-12,17-18H,5-9,13H2,1-4H3. The molecule has 0 aliphatic carbocycles. The Morgan fingerprint density at radius 3 is 2.32 bits per heavy atom. The number of nitrogens with one attached hydrogen (secondary N) is 1. The van der Waals surface area contributed by atoms with Gasteiger partial charge in [0, 0.05) is 19.3 Å². The van der Waals surface area contributed by atoms with Crippen molar-refractivity contribution in [1.29, 1.82) is 0 Å². The Bertz CT molecular complexity index is 342. The predicted molar refractivity (Wildman–Crippen MR) is 82.8 cm³/mol. The molecule has 1 aromatic rings. The van der Waals surface area contributed by atoms with E-state index < -0.39 is 0 Å². The molecule has 1 N–H and O–H groups in total. The Balaban J connectivity index is 2.51. The molecule has 1 atom stereocenters. The van der Waals surface area contributed by atoms with Gasteiger partial charge in [0.15, 0.2) is 0 Å². The zero-order valence-corrected chi connectivity index (χ0v) is 13.0. The quantitative estimate of drug-likeness (QED) is 0.687. The topological polar surface area (TPSA) is 21.3 Å². The van der Waals surface area contributed by atoms with E-state index in [9.17, 15) is 0 Å². The molecule has 0 heterocycles. The molecule has 0 spiro atoms. The second-order valence-corrected chi connectivity index (χ2v) is 5.36. The van der Waals surface area contributed by atoms with Crippen molar-refractivity contribution in [3.63, 3.8) is 0 Å². The van der Waals surface area contributed by atoms with Crippen LogP contribution in [0.3, 0.4) is 0 Å². The summed E-state index contributed by atoms with van der Waals surface area (Å²) < 4.78 is 5.60. The van der Waals surface area contributed by atoms with E-state index in [1.54, 1.807) is 0 Å². The van der Waals surface area contributed by atoms with Gasteiger partial charge in [0.2, 0.25) is 0 Å². The fraction of sp³-hybridized carbons (Fsp3) is 0.647. The minimum atomic E-state index is 0.517. The lowest BCUT2D eigenvalue weighted by Gasteiger charge is -2.18. The van der Waals surface area contributed by atoms with Gasteiger partial charge in [-0.2, -0.15) is 0 Å². The molecular weight excluding hydrogens is 234 g/mol. The molecule has 0 saturated carbocycles. The highest BCUT2D eigenvalue weighted by molar-refractivity contribution is 5.29. The van der Waals surface area contributed by atoms with Crippen molar-refractivity contribution in [2.24, 2.45) is 0 Å². The first-order valence-electron chi connectivity index (χ1n) is 7.54. The normalized spacial score (nSPS) is 12.6. The van der Waals surface area contributed by atoms with Crippen molar-refractivity contribution in [3.05, 3.63) is 34.9 Å². The molecule has 1 rings (SSSR count). The highest BCUT2D eigenvalue weighted by atomic mass is 16.5. The molecule has 0 fully saturated rings. The maximum Gasteiger partial charge on any atom is 0.0480 e. The van der Waals surface area contributed by atoms with Crippen LogP contribution in [0.25, 0.3) is 0 Å². The minimum Gasteiger partial charge on any atom is -0.381 e. The van der Waals surface area contributed by atoms with E-state index in [0.717, 1.165) is 39.0 Å². The van der Waals surface area contributed by atoms with Crippen LogP contribution in [0.4, 0.5) is 0 Å². The summed E-state index contributed by atoms with van der Waals surface area (Å²) in [5.41, 5.74) is 4.14. The summed E-state index contributed by atoms with van der Waals surface area (Å²) in [7, 11) is 0. The van der Waals surface area contributed by atoms with E-state index in [4.69, 9.17) is 4.74 Å². The molecule has 1 unspecified atom stereocenters. The zero-order valence-electron chi connectivity index (χ0n) is 13.0. The summed E-state index contributed by atoms with van der Waals surface area (Å²) in [6.45, 7) is 11.4. The SMILES string of the molecule is CCCOCCC(Cc1cc(C)cc(C)c1)NCC. The third-order valence-electron chi connectivity index (χ3n) is 3.22. The van der Waals surface area contributed by atoms with E-state index in [0.29, 0.717) is 6.04 Å². The summed E-state index contributed by atoms with van der Waals surface area (Å²) >= 11 is 0. The number of rotatable bonds is 9. The van der Waals surface area contributed by atoms with Crippen molar-refractivity contribution in [3.8, 4) is 0 Å². The summed E-state index contributed by atoms with van der Waals surface area (Å²) in [6.07, 6.45) is 3.27. The molecule has 0 aromatic heterocycles. The second-order valence-electron chi connectivity index (χ2n) is 5.36. The zero-order chi connectivity index (χ0) is 14.1. The van der Waals surface area contributed by atoms with Gasteiger partial charge >= 0.3 is 0 Å². The fourth-order valence-electron chi connectivity index (χ4n) is 2.51. The van der Waals surface area contributed by atoms with Gasteiger partial charge in [-0.1, -0.05) is 43.2 Å². The first-order chi connectivity index (χ1) is 9.15. The first kappa shape index (κ1) is 16.2. The van der Waals surface area contributed by atoms with E-state index in [-0.39, 0.29) is 0 Å². The van der Waals surface area contributed by atoms with Crippen LogP contribution < -0.4 is 5.32 Å². The second kappa shape index (κ2) is 9.11. The van der Waals surface area contributed by atoms with Gasteiger partial charge in [0.1, 0.15) is 0 Å². The summed E-state index contributed by atoms with van der Waals surface area (Å²) in [4.78, 5) is 0. The molecule has 108 valence electrons. The number of ether oxygens (including phenoxy) is 1. The van der Waals surface area contributed by atoms with E-state index >= 15 is 0 Å². The fourth-order valence-corrected chi connectivity index (χ4v) is 2.51.